The number of primary amides is 1. The van der Waals surface area contributed by atoms with Crippen molar-refractivity contribution in [3.8, 4) is 0 Å². The highest BCUT2D eigenvalue weighted by atomic mass is 16.1. The highest BCUT2D eigenvalue weighted by molar-refractivity contribution is 5.99. The Morgan fingerprint density at radius 2 is 1.85 bits per heavy atom. The summed E-state index contributed by atoms with van der Waals surface area (Å²) in [6.45, 7) is 10.4. The van der Waals surface area contributed by atoms with E-state index in [1.807, 2.05) is 0 Å². The lowest BCUT2D eigenvalue weighted by atomic mass is 10.1. The van der Waals surface area contributed by atoms with Gasteiger partial charge in [-0.25, -0.2) is 0 Å². The molecule has 0 heterocycles. The quantitative estimate of drug-likeness (QED) is 0.665. The van der Waals surface area contributed by atoms with E-state index in [2.05, 4.69) is 37.9 Å². The molecule has 0 aliphatic carbocycles. The van der Waals surface area contributed by atoms with Crippen LogP contribution in [-0.2, 0) is 0 Å². The zero-order valence-corrected chi connectivity index (χ0v) is 12.8. The average molecular weight is 278 g/mol. The van der Waals surface area contributed by atoms with Crippen LogP contribution in [0.4, 0.5) is 11.4 Å². The summed E-state index contributed by atoms with van der Waals surface area (Å²) < 4.78 is 0. The number of benzene rings is 1. The molecule has 5 nitrogen and oxygen atoms in total. The first-order valence-electron chi connectivity index (χ1n) is 7.02. The monoisotopic (exact) mass is 278 g/mol. The van der Waals surface area contributed by atoms with Gasteiger partial charge in [0.2, 0.25) is 0 Å². The molecule has 0 unspecified atom stereocenters. The molecule has 0 spiro atoms. The Balaban J connectivity index is 2.68. The number of hydrogen-bond acceptors (Lipinski definition) is 4. The van der Waals surface area contributed by atoms with Crippen LogP contribution in [0.3, 0.4) is 0 Å². The van der Waals surface area contributed by atoms with Crippen LogP contribution < -0.4 is 16.8 Å². The van der Waals surface area contributed by atoms with Gasteiger partial charge in [-0.3, -0.25) is 9.69 Å². The second-order valence-corrected chi connectivity index (χ2v) is 5.52. The van der Waals surface area contributed by atoms with Gasteiger partial charge in [0.15, 0.2) is 0 Å². The van der Waals surface area contributed by atoms with Gasteiger partial charge in [-0.2, -0.15) is 0 Å². The van der Waals surface area contributed by atoms with Crippen LogP contribution in [0.25, 0.3) is 0 Å². The van der Waals surface area contributed by atoms with Crippen LogP contribution in [0, 0.1) is 0 Å². The van der Waals surface area contributed by atoms with E-state index in [1.165, 1.54) is 0 Å². The standard InChI is InChI=1S/C15H26N4O/c1-10(2)19(11(3)4)8-7-18-14-6-5-12(16)9-13(14)15(17)20/h5-6,9-11,18H,7-8,16H2,1-4H3,(H2,17,20). The Morgan fingerprint density at radius 1 is 1.25 bits per heavy atom. The summed E-state index contributed by atoms with van der Waals surface area (Å²) in [6, 6.07) is 6.13. The smallest absolute Gasteiger partial charge is 0.250 e. The first-order chi connectivity index (χ1) is 9.32. The van der Waals surface area contributed by atoms with Crippen molar-refractivity contribution < 1.29 is 4.79 Å². The van der Waals surface area contributed by atoms with Gasteiger partial charge in [-0.15, -0.1) is 0 Å². The van der Waals surface area contributed by atoms with Crippen LogP contribution in [0.2, 0.25) is 0 Å². The average Bonchev–Trinajstić information content (AvgIpc) is 2.34. The Hall–Kier alpha value is -1.75. The van der Waals surface area contributed by atoms with Crippen molar-refractivity contribution in [2.24, 2.45) is 5.73 Å². The molecular weight excluding hydrogens is 252 g/mol. The zero-order chi connectivity index (χ0) is 15.3. The van der Waals surface area contributed by atoms with E-state index >= 15 is 0 Å². The van der Waals surface area contributed by atoms with Gasteiger partial charge in [-0.05, 0) is 45.9 Å². The van der Waals surface area contributed by atoms with Gasteiger partial charge in [0.1, 0.15) is 0 Å². The maximum Gasteiger partial charge on any atom is 0.250 e. The zero-order valence-electron chi connectivity index (χ0n) is 12.8. The molecule has 112 valence electrons. The predicted molar refractivity (Wildman–Crippen MR) is 84.8 cm³/mol. The molecule has 0 aromatic heterocycles. The number of carbonyl (C=O) groups excluding carboxylic acids is 1. The van der Waals surface area contributed by atoms with Gasteiger partial charge in [0.25, 0.3) is 5.91 Å². The molecule has 0 aliphatic heterocycles. The number of hydrogen-bond donors (Lipinski definition) is 3. The van der Waals surface area contributed by atoms with E-state index < -0.39 is 5.91 Å². The minimum Gasteiger partial charge on any atom is -0.399 e. The molecule has 0 aliphatic rings. The normalized spacial score (nSPS) is 11.3. The number of amides is 1. The first-order valence-corrected chi connectivity index (χ1v) is 7.02. The number of nitrogens with one attached hydrogen (secondary N) is 1. The minimum absolute atomic E-state index is 0.436. The molecule has 0 atom stereocenters. The lowest BCUT2D eigenvalue weighted by molar-refractivity contribution is 0.100. The van der Waals surface area contributed by atoms with Gasteiger partial charge in [-0.1, -0.05) is 0 Å². The van der Waals surface area contributed by atoms with E-state index in [0.29, 0.717) is 23.3 Å². The van der Waals surface area contributed by atoms with Crippen LogP contribution in [0.5, 0.6) is 0 Å². The molecule has 0 bridgehead atoms. The van der Waals surface area contributed by atoms with Crippen molar-refractivity contribution in [2.45, 2.75) is 39.8 Å². The van der Waals surface area contributed by atoms with Crippen LogP contribution >= 0.6 is 0 Å². The number of anilines is 2. The van der Waals surface area contributed by atoms with Crippen molar-refractivity contribution in [1.29, 1.82) is 0 Å². The van der Waals surface area contributed by atoms with E-state index in [0.717, 1.165) is 18.8 Å². The largest absolute Gasteiger partial charge is 0.399 e. The lowest BCUT2D eigenvalue weighted by Gasteiger charge is -2.30. The second kappa shape index (κ2) is 7.14. The molecular formula is C15H26N4O. The molecule has 5 heteroatoms. The van der Waals surface area contributed by atoms with E-state index in [-0.39, 0.29) is 0 Å². The SMILES string of the molecule is CC(C)N(CCNc1ccc(N)cc1C(N)=O)C(C)C. The maximum atomic E-state index is 11.4. The third-order valence-electron chi connectivity index (χ3n) is 3.32. The van der Waals surface area contributed by atoms with Crippen molar-refractivity contribution >= 4 is 17.3 Å². The van der Waals surface area contributed by atoms with Crippen molar-refractivity contribution in [3.63, 3.8) is 0 Å². The highest BCUT2D eigenvalue weighted by Crippen LogP contribution is 2.18. The fraction of sp³-hybridized carbons (Fsp3) is 0.533. The van der Waals surface area contributed by atoms with E-state index in [9.17, 15) is 4.79 Å². The molecule has 1 rings (SSSR count). The third-order valence-corrected chi connectivity index (χ3v) is 3.32. The molecule has 0 saturated heterocycles. The molecule has 1 amide bonds. The molecule has 0 radical (unpaired) electrons. The maximum absolute atomic E-state index is 11.4. The van der Waals surface area contributed by atoms with Gasteiger partial charge in [0, 0.05) is 36.5 Å². The summed E-state index contributed by atoms with van der Waals surface area (Å²) in [5.74, 6) is -0.468. The molecule has 0 saturated carbocycles. The molecule has 0 fully saturated rings. The highest BCUT2D eigenvalue weighted by Gasteiger charge is 2.13. The fourth-order valence-corrected chi connectivity index (χ4v) is 2.35. The third kappa shape index (κ3) is 4.42. The first kappa shape index (κ1) is 16.3. The molecule has 5 N–H and O–H groups in total. The van der Waals surface area contributed by atoms with Crippen molar-refractivity contribution in [2.75, 3.05) is 24.1 Å². The minimum atomic E-state index is -0.468. The van der Waals surface area contributed by atoms with Crippen LogP contribution in [-0.4, -0.2) is 36.0 Å². The molecule has 1 aromatic carbocycles. The Bertz CT molecular complexity index is 449. The summed E-state index contributed by atoms with van der Waals surface area (Å²) in [5.41, 5.74) is 12.8. The summed E-state index contributed by atoms with van der Waals surface area (Å²) >= 11 is 0. The number of carbonyl (C=O) groups is 1. The Kier molecular flexibility index (Phi) is 5.82. The number of nitrogens with two attached hydrogens (primary N) is 2. The lowest BCUT2D eigenvalue weighted by Crippen LogP contribution is -2.40. The predicted octanol–water partition coefficient (Wildman–Crippen LogP) is 1.90. The summed E-state index contributed by atoms with van der Waals surface area (Å²) in [5, 5.41) is 3.26. The van der Waals surface area contributed by atoms with Gasteiger partial charge >= 0.3 is 0 Å². The van der Waals surface area contributed by atoms with Gasteiger partial charge < -0.3 is 16.8 Å². The second-order valence-electron chi connectivity index (χ2n) is 5.52. The molecule has 1 aromatic rings. The Morgan fingerprint density at radius 3 is 2.35 bits per heavy atom. The molecule has 20 heavy (non-hydrogen) atoms. The van der Waals surface area contributed by atoms with Gasteiger partial charge in [0.05, 0.1) is 5.56 Å². The fourth-order valence-electron chi connectivity index (χ4n) is 2.35. The Labute approximate surface area is 121 Å². The number of rotatable bonds is 7. The van der Waals surface area contributed by atoms with Crippen molar-refractivity contribution in [1.82, 2.24) is 4.90 Å². The topological polar surface area (TPSA) is 84.4 Å². The van der Waals surface area contributed by atoms with Crippen molar-refractivity contribution in [3.05, 3.63) is 23.8 Å². The van der Waals surface area contributed by atoms with Crippen LogP contribution in [0.15, 0.2) is 18.2 Å². The number of nitrogen functional groups attached to an aromatic ring is 1. The summed E-state index contributed by atoms with van der Waals surface area (Å²) in [6.07, 6.45) is 0. The summed E-state index contributed by atoms with van der Waals surface area (Å²) in [4.78, 5) is 13.8. The van der Waals surface area contributed by atoms with Crippen LogP contribution in [0.1, 0.15) is 38.1 Å². The van der Waals surface area contributed by atoms with E-state index in [4.69, 9.17) is 11.5 Å². The van der Waals surface area contributed by atoms with E-state index in [1.54, 1.807) is 18.2 Å². The summed E-state index contributed by atoms with van der Waals surface area (Å²) in [7, 11) is 0. The number of nitrogens with zero attached hydrogens (tertiary/aromatic N) is 1.